The third-order valence-electron chi connectivity index (χ3n) is 3.01. The lowest BCUT2D eigenvalue weighted by atomic mass is 10.1. The first-order valence-corrected chi connectivity index (χ1v) is 6.31. The summed E-state index contributed by atoms with van der Waals surface area (Å²) in [5.74, 6) is 2.27. The van der Waals surface area contributed by atoms with Crippen LogP contribution in [0.3, 0.4) is 0 Å². The maximum Gasteiger partial charge on any atom is 0.150 e. The summed E-state index contributed by atoms with van der Waals surface area (Å²) >= 11 is 0. The first-order chi connectivity index (χ1) is 9.56. The van der Waals surface area contributed by atoms with Crippen LogP contribution in [0.4, 0.5) is 5.82 Å². The maximum atomic E-state index is 5.44. The van der Waals surface area contributed by atoms with Crippen LogP contribution in [-0.2, 0) is 0 Å². The highest BCUT2D eigenvalue weighted by molar-refractivity contribution is 5.75. The fourth-order valence-corrected chi connectivity index (χ4v) is 1.99. The average Bonchev–Trinajstić information content (AvgIpc) is 2.46. The molecule has 0 radical (unpaired) electrons. The molecule has 0 spiro atoms. The summed E-state index contributed by atoms with van der Waals surface area (Å²) < 4.78 is 10.9. The predicted octanol–water partition coefficient (Wildman–Crippen LogP) is 2.54. The van der Waals surface area contributed by atoms with Crippen molar-refractivity contribution in [1.29, 1.82) is 0 Å². The Morgan fingerprint density at radius 1 is 0.950 bits per heavy atom. The summed E-state index contributed by atoms with van der Waals surface area (Å²) in [5, 5.41) is 8.46. The van der Waals surface area contributed by atoms with Crippen LogP contribution in [0.5, 0.6) is 11.5 Å². The van der Waals surface area contributed by atoms with Gasteiger partial charge in [0.15, 0.2) is 5.82 Å². The normalized spacial score (nSPS) is 10.2. The third-order valence-corrected chi connectivity index (χ3v) is 3.01. The standard InChI is InChI=1S/C15H19N3O2/c1-10-8-12(19-4)15(13(9-10)20-5)11-6-7-14(17-16-11)18(2)3/h6-9H,1-5H3. The Morgan fingerprint density at radius 2 is 1.55 bits per heavy atom. The largest absolute Gasteiger partial charge is 0.496 e. The first-order valence-electron chi connectivity index (χ1n) is 6.31. The zero-order valence-corrected chi connectivity index (χ0v) is 12.5. The molecule has 1 heterocycles. The van der Waals surface area contributed by atoms with Crippen LogP contribution in [0.2, 0.25) is 0 Å². The second-order valence-electron chi connectivity index (χ2n) is 4.72. The number of rotatable bonds is 4. The van der Waals surface area contributed by atoms with Crippen LogP contribution < -0.4 is 14.4 Å². The van der Waals surface area contributed by atoms with E-state index in [0.717, 1.165) is 34.1 Å². The van der Waals surface area contributed by atoms with Gasteiger partial charge in [0.1, 0.15) is 17.2 Å². The second kappa shape index (κ2) is 5.77. The van der Waals surface area contributed by atoms with Gasteiger partial charge in [0.25, 0.3) is 0 Å². The number of aryl methyl sites for hydroxylation is 1. The lowest BCUT2D eigenvalue weighted by Crippen LogP contribution is -2.11. The van der Waals surface area contributed by atoms with Gasteiger partial charge in [-0.2, -0.15) is 0 Å². The van der Waals surface area contributed by atoms with Gasteiger partial charge in [0.2, 0.25) is 0 Å². The van der Waals surface area contributed by atoms with E-state index in [1.54, 1.807) is 14.2 Å². The van der Waals surface area contributed by atoms with E-state index in [-0.39, 0.29) is 0 Å². The van der Waals surface area contributed by atoms with Gasteiger partial charge in [-0.15, -0.1) is 10.2 Å². The molecule has 0 amide bonds. The Hall–Kier alpha value is -2.30. The van der Waals surface area contributed by atoms with Gasteiger partial charge < -0.3 is 14.4 Å². The van der Waals surface area contributed by atoms with Crippen molar-refractivity contribution in [3.8, 4) is 22.8 Å². The molecule has 0 bridgehead atoms. The van der Waals surface area contributed by atoms with Crippen LogP contribution in [-0.4, -0.2) is 38.5 Å². The summed E-state index contributed by atoms with van der Waals surface area (Å²) in [6.45, 7) is 2.00. The number of benzene rings is 1. The average molecular weight is 273 g/mol. The molecule has 0 unspecified atom stereocenters. The van der Waals surface area contributed by atoms with Crippen molar-refractivity contribution in [2.75, 3.05) is 33.2 Å². The van der Waals surface area contributed by atoms with Crippen molar-refractivity contribution >= 4 is 5.82 Å². The van der Waals surface area contributed by atoms with E-state index in [2.05, 4.69) is 10.2 Å². The Balaban J connectivity index is 2.55. The molecule has 1 aromatic carbocycles. The molecule has 0 aliphatic heterocycles. The summed E-state index contributed by atoms with van der Waals surface area (Å²) in [5.41, 5.74) is 2.61. The SMILES string of the molecule is COc1cc(C)cc(OC)c1-c1ccc(N(C)C)nn1. The number of hydrogen-bond acceptors (Lipinski definition) is 5. The molecule has 0 atom stereocenters. The minimum Gasteiger partial charge on any atom is -0.496 e. The Morgan fingerprint density at radius 3 is 1.95 bits per heavy atom. The topological polar surface area (TPSA) is 47.5 Å². The number of hydrogen-bond donors (Lipinski definition) is 0. The molecule has 20 heavy (non-hydrogen) atoms. The zero-order chi connectivity index (χ0) is 14.7. The Labute approximate surface area is 119 Å². The predicted molar refractivity (Wildman–Crippen MR) is 79.6 cm³/mol. The third kappa shape index (κ3) is 2.66. The number of aromatic nitrogens is 2. The monoisotopic (exact) mass is 273 g/mol. The van der Waals surface area contributed by atoms with Gasteiger partial charge in [-0.3, -0.25) is 0 Å². The number of anilines is 1. The minimum absolute atomic E-state index is 0.726. The van der Waals surface area contributed by atoms with Gasteiger partial charge in [-0.05, 0) is 36.8 Å². The van der Waals surface area contributed by atoms with Gasteiger partial charge >= 0.3 is 0 Å². The van der Waals surface area contributed by atoms with Crippen molar-refractivity contribution in [1.82, 2.24) is 10.2 Å². The number of nitrogens with zero attached hydrogens (tertiary/aromatic N) is 3. The molecule has 0 aliphatic rings. The van der Waals surface area contributed by atoms with E-state index in [4.69, 9.17) is 9.47 Å². The molecule has 5 nitrogen and oxygen atoms in total. The van der Waals surface area contributed by atoms with E-state index >= 15 is 0 Å². The molecule has 106 valence electrons. The molecule has 0 saturated heterocycles. The fourth-order valence-electron chi connectivity index (χ4n) is 1.99. The molecule has 5 heteroatoms. The van der Waals surface area contributed by atoms with Crippen molar-refractivity contribution in [3.05, 3.63) is 29.8 Å². The van der Waals surface area contributed by atoms with Crippen LogP contribution in [0, 0.1) is 6.92 Å². The Kier molecular flexibility index (Phi) is 4.08. The highest BCUT2D eigenvalue weighted by atomic mass is 16.5. The van der Waals surface area contributed by atoms with Gasteiger partial charge in [-0.25, -0.2) is 0 Å². The molecule has 0 N–H and O–H groups in total. The lowest BCUT2D eigenvalue weighted by molar-refractivity contribution is 0.396. The minimum atomic E-state index is 0.726. The fraction of sp³-hybridized carbons (Fsp3) is 0.333. The van der Waals surface area contributed by atoms with Crippen LogP contribution >= 0.6 is 0 Å². The molecule has 0 fully saturated rings. The number of ether oxygens (including phenoxy) is 2. The molecule has 2 aromatic rings. The quantitative estimate of drug-likeness (QED) is 0.856. The molecular formula is C15H19N3O2. The molecular weight excluding hydrogens is 254 g/mol. The zero-order valence-electron chi connectivity index (χ0n) is 12.5. The van der Waals surface area contributed by atoms with Gasteiger partial charge in [0.05, 0.1) is 19.8 Å². The second-order valence-corrected chi connectivity index (χ2v) is 4.72. The van der Waals surface area contributed by atoms with E-state index in [1.807, 2.05) is 50.2 Å². The smallest absolute Gasteiger partial charge is 0.150 e. The highest BCUT2D eigenvalue weighted by Gasteiger charge is 2.15. The van der Waals surface area contributed by atoms with E-state index in [0.29, 0.717) is 0 Å². The summed E-state index contributed by atoms with van der Waals surface area (Å²) in [6.07, 6.45) is 0. The number of methoxy groups -OCH3 is 2. The van der Waals surface area contributed by atoms with Crippen molar-refractivity contribution in [2.24, 2.45) is 0 Å². The Bertz CT molecular complexity index is 570. The first kappa shape index (κ1) is 14.1. The summed E-state index contributed by atoms with van der Waals surface area (Å²) in [7, 11) is 7.13. The van der Waals surface area contributed by atoms with Gasteiger partial charge in [-0.1, -0.05) is 0 Å². The van der Waals surface area contributed by atoms with E-state index in [9.17, 15) is 0 Å². The van der Waals surface area contributed by atoms with Gasteiger partial charge in [0, 0.05) is 14.1 Å². The summed E-state index contributed by atoms with van der Waals surface area (Å²) in [4.78, 5) is 1.90. The molecule has 0 saturated carbocycles. The van der Waals surface area contributed by atoms with E-state index in [1.165, 1.54) is 0 Å². The van der Waals surface area contributed by atoms with Crippen molar-refractivity contribution < 1.29 is 9.47 Å². The summed E-state index contributed by atoms with van der Waals surface area (Å²) in [6, 6.07) is 7.75. The lowest BCUT2D eigenvalue weighted by Gasteiger charge is -2.15. The molecule has 0 aliphatic carbocycles. The van der Waals surface area contributed by atoms with Crippen LogP contribution in [0.25, 0.3) is 11.3 Å². The highest BCUT2D eigenvalue weighted by Crippen LogP contribution is 2.38. The van der Waals surface area contributed by atoms with Crippen molar-refractivity contribution in [3.63, 3.8) is 0 Å². The maximum absolute atomic E-state index is 5.44. The van der Waals surface area contributed by atoms with Crippen LogP contribution in [0.1, 0.15) is 5.56 Å². The molecule has 1 aromatic heterocycles. The van der Waals surface area contributed by atoms with E-state index < -0.39 is 0 Å². The van der Waals surface area contributed by atoms with Crippen LogP contribution in [0.15, 0.2) is 24.3 Å². The molecule has 2 rings (SSSR count). The van der Waals surface area contributed by atoms with Crippen molar-refractivity contribution in [2.45, 2.75) is 6.92 Å².